The third-order valence-corrected chi connectivity index (χ3v) is 4.44. The first-order valence-electron chi connectivity index (χ1n) is 7.75. The van der Waals surface area contributed by atoms with Gasteiger partial charge in [-0.25, -0.2) is 0 Å². The van der Waals surface area contributed by atoms with Crippen molar-refractivity contribution in [2.45, 2.75) is 44.1 Å². The van der Waals surface area contributed by atoms with Crippen molar-refractivity contribution in [2.75, 3.05) is 6.54 Å². The van der Waals surface area contributed by atoms with Crippen LogP contribution in [-0.2, 0) is 0 Å². The number of rotatable bonds is 3. The summed E-state index contributed by atoms with van der Waals surface area (Å²) in [5.74, 6) is -0.124. The Kier molecular flexibility index (Phi) is 3.97. The number of hydrogen-bond acceptors (Lipinski definition) is 2. The number of aromatic amines is 1. The van der Waals surface area contributed by atoms with Crippen LogP contribution in [0.3, 0.4) is 0 Å². The van der Waals surface area contributed by atoms with E-state index in [2.05, 4.69) is 10.3 Å². The number of carbonyl (C=O) groups is 1. The molecule has 4 nitrogen and oxygen atoms in total. The van der Waals surface area contributed by atoms with Gasteiger partial charge in [0.25, 0.3) is 5.91 Å². The van der Waals surface area contributed by atoms with Crippen molar-refractivity contribution >= 4 is 16.8 Å². The van der Waals surface area contributed by atoms with Crippen LogP contribution >= 0.6 is 0 Å². The molecule has 1 aliphatic rings. The summed E-state index contributed by atoms with van der Waals surface area (Å²) >= 11 is 0. The molecule has 0 unspecified atom stereocenters. The van der Waals surface area contributed by atoms with Crippen molar-refractivity contribution in [3.05, 3.63) is 36.0 Å². The van der Waals surface area contributed by atoms with E-state index in [1.807, 2.05) is 30.5 Å². The van der Waals surface area contributed by atoms with Gasteiger partial charge < -0.3 is 15.4 Å². The molecule has 2 aromatic rings. The van der Waals surface area contributed by atoms with Crippen LogP contribution in [0.5, 0.6) is 0 Å². The second-order valence-corrected chi connectivity index (χ2v) is 6.07. The predicted octanol–water partition coefficient (Wildman–Crippen LogP) is 2.98. The molecule has 21 heavy (non-hydrogen) atoms. The van der Waals surface area contributed by atoms with Gasteiger partial charge in [-0.2, -0.15) is 0 Å². The number of benzene rings is 1. The summed E-state index contributed by atoms with van der Waals surface area (Å²) in [6.07, 6.45) is 7.83. The largest absolute Gasteiger partial charge is 0.388 e. The number of aromatic nitrogens is 1. The fourth-order valence-corrected chi connectivity index (χ4v) is 3.18. The quantitative estimate of drug-likeness (QED) is 0.759. The lowest BCUT2D eigenvalue weighted by Gasteiger charge is -2.26. The zero-order valence-electron chi connectivity index (χ0n) is 12.2. The molecule has 0 saturated heterocycles. The molecular weight excluding hydrogens is 264 g/mol. The first-order chi connectivity index (χ1) is 10.2. The van der Waals surface area contributed by atoms with Crippen LogP contribution in [0, 0.1) is 0 Å². The van der Waals surface area contributed by atoms with Crippen molar-refractivity contribution in [1.82, 2.24) is 10.3 Å². The number of para-hydroxylation sites is 1. The third kappa shape index (κ3) is 3.10. The molecule has 3 N–H and O–H groups in total. The molecule has 1 aromatic carbocycles. The summed E-state index contributed by atoms with van der Waals surface area (Å²) in [7, 11) is 0. The van der Waals surface area contributed by atoms with Gasteiger partial charge in [0.15, 0.2) is 0 Å². The van der Waals surface area contributed by atoms with Crippen molar-refractivity contribution in [2.24, 2.45) is 0 Å². The number of carbonyl (C=O) groups excluding carboxylic acids is 1. The molecule has 1 amide bonds. The standard InChI is InChI=1S/C17H22N2O2/c20-16(14-7-5-6-13-8-11-18-15(13)14)19-12-17(21)9-3-1-2-4-10-17/h5-8,11,18,21H,1-4,9-10,12H2,(H,19,20). The van der Waals surface area contributed by atoms with E-state index in [4.69, 9.17) is 0 Å². The molecular formula is C17H22N2O2. The van der Waals surface area contributed by atoms with Gasteiger partial charge in [-0.15, -0.1) is 0 Å². The van der Waals surface area contributed by atoms with E-state index in [9.17, 15) is 9.90 Å². The Morgan fingerprint density at radius 1 is 1.19 bits per heavy atom. The Balaban J connectivity index is 1.70. The highest BCUT2D eigenvalue weighted by atomic mass is 16.3. The molecule has 0 spiro atoms. The number of hydrogen-bond donors (Lipinski definition) is 3. The van der Waals surface area contributed by atoms with Crippen LogP contribution in [0.4, 0.5) is 0 Å². The molecule has 1 heterocycles. The van der Waals surface area contributed by atoms with Gasteiger partial charge in [-0.1, -0.05) is 37.8 Å². The summed E-state index contributed by atoms with van der Waals surface area (Å²) in [5, 5.41) is 14.5. The second kappa shape index (κ2) is 5.90. The van der Waals surface area contributed by atoms with E-state index >= 15 is 0 Å². The van der Waals surface area contributed by atoms with E-state index in [1.54, 1.807) is 0 Å². The third-order valence-electron chi connectivity index (χ3n) is 4.44. The number of aliphatic hydroxyl groups is 1. The maximum absolute atomic E-state index is 12.4. The monoisotopic (exact) mass is 286 g/mol. The van der Waals surface area contributed by atoms with Crippen LogP contribution in [0.15, 0.2) is 30.5 Å². The highest BCUT2D eigenvalue weighted by Crippen LogP contribution is 2.26. The lowest BCUT2D eigenvalue weighted by atomic mass is 9.94. The molecule has 112 valence electrons. The lowest BCUT2D eigenvalue weighted by molar-refractivity contribution is 0.0246. The number of nitrogens with one attached hydrogen (secondary N) is 2. The van der Waals surface area contributed by atoms with Crippen molar-refractivity contribution < 1.29 is 9.90 Å². The minimum atomic E-state index is -0.740. The Morgan fingerprint density at radius 3 is 2.71 bits per heavy atom. The van der Waals surface area contributed by atoms with Gasteiger partial charge >= 0.3 is 0 Å². The van der Waals surface area contributed by atoms with Crippen LogP contribution in [0.25, 0.3) is 10.9 Å². The topological polar surface area (TPSA) is 65.1 Å². The van der Waals surface area contributed by atoms with Gasteiger partial charge in [0.05, 0.1) is 16.7 Å². The fourth-order valence-electron chi connectivity index (χ4n) is 3.18. The molecule has 1 aliphatic carbocycles. The fraction of sp³-hybridized carbons (Fsp3) is 0.471. The van der Waals surface area contributed by atoms with E-state index in [0.29, 0.717) is 12.1 Å². The minimum absolute atomic E-state index is 0.124. The van der Waals surface area contributed by atoms with E-state index in [-0.39, 0.29) is 5.91 Å². The van der Waals surface area contributed by atoms with Crippen LogP contribution < -0.4 is 5.32 Å². The average Bonchev–Trinajstić information content (AvgIpc) is 2.87. The van der Waals surface area contributed by atoms with Crippen molar-refractivity contribution in [3.63, 3.8) is 0 Å². The molecule has 0 bridgehead atoms. The number of H-pyrrole nitrogens is 1. The molecule has 1 saturated carbocycles. The van der Waals surface area contributed by atoms with Crippen LogP contribution in [-0.4, -0.2) is 28.1 Å². The van der Waals surface area contributed by atoms with Gasteiger partial charge in [0, 0.05) is 18.1 Å². The molecule has 4 heteroatoms. The van der Waals surface area contributed by atoms with E-state index < -0.39 is 5.60 Å². The Bertz CT molecular complexity index is 625. The molecule has 0 atom stereocenters. The van der Waals surface area contributed by atoms with Gasteiger partial charge in [-0.3, -0.25) is 4.79 Å². The molecule has 1 fully saturated rings. The van der Waals surface area contributed by atoms with Crippen molar-refractivity contribution in [1.29, 1.82) is 0 Å². The van der Waals surface area contributed by atoms with E-state index in [1.165, 1.54) is 12.8 Å². The Hall–Kier alpha value is -1.81. The minimum Gasteiger partial charge on any atom is -0.388 e. The maximum atomic E-state index is 12.4. The van der Waals surface area contributed by atoms with Crippen LogP contribution in [0.2, 0.25) is 0 Å². The summed E-state index contributed by atoms with van der Waals surface area (Å²) < 4.78 is 0. The highest BCUT2D eigenvalue weighted by molar-refractivity contribution is 6.05. The van der Waals surface area contributed by atoms with Gasteiger partial charge in [0.1, 0.15) is 0 Å². The molecule has 0 aliphatic heterocycles. The first kappa shape index (κ1) is 14.1. The molecule has 0 radical (unpaired) electrons. The summed E-state index contributed by atoms with van der Waals surface area (Å²) in [5.41, 5.74) is 0.744. The second-order valence-electron chi connectivity index (χ2n) is 6.07. The van der Waals surface area contributed by atoms with Gasteiger partial charge in [-0.05, 0) is 25.0 Å². The zero-order valence-corrected chi connectivity index (χ0v) is 12.2. The smallest absolute Gasteiger partial charge is 0.253 e. The lowest BCUT2D eigenvalue weighted by Crippen LogP contribution is -2.42. The normalized spacial score (nSPS) is 18.3. The summed E-state index contributed by atoms with van der Waals surface area (Å²) in [6.45, 7) is 0.336. The Labute approximate surface area is 124 Å². The molecule has 3 rings (SSSR count). The van der Waals surface area contributed by atoms with E-state index in [0.717, 1.165) is 36.6 Å². The highest BCUT2D eigenvalue weighted by Gasteiger charge is 2.28. The van der Waals surface area contributed by atoms with Crippen molar-refractivity contribution in [3.8, 4) is 0 Å². The predicted molar refractivity (Wildman–Crippen MR) is 83.3 cm³/mol. The number of fused-ring (bicyclic) bond motifs is 1. The zero-order chi connectivity index (χ0) is 14.7. The maximum Gasteiger partial charge on any atom is 0.253 e. The van der Waals surface area contributed by atoms with Crippen LogP contribution in [0.1, 0.15) is 48.9 Å². The summed E-state index contributed by atoms with van der Waals surface area (Å²) in [4.78, 5) is 15.5. The summed E-state index contributed by atoms with van der Waals surface area (Å²) in [6, 6.07) is 7.61. The Morgan fingerprint density at radius 2 is 1.95 bits per heavy atom. The number of amides is 1. The average molecular weight is 286 g/mol. The first-order valence-corrected chi connectivity index (χ1v) is 7.75. The van der Waals surface area contributed by atoms with Gasteiger partial charge in [0.2, 0.25) is 0 Å². The SMILES string of the molecule is O=C(NCC1(O)CCCCCC1)c1cccc2cc[nH]c12. The molecule has 1 aromatic heterocycles.